The zero-order chi connectivity index (χ0) is 17.0. The van der Waals surface area contributed by atoms with E-state index in [4.69, 9.17) is 5.73 Å². The lowest BCUT2D eigenvalue weighted by molar-refractivity contribution is 0.0880. The molecule has 1 aliphatic heterocycles. The molecule has 2 aliphatic rings. The number of nitrogens with one attached hydrogen (secondary N) is 2. The molecule has 2 amide bonds. The molecule has 122 valence electrons. The van der Waals surface area contributed by atoms with Gasteiger partial charge in [-0.2, -0.15) is 0 Å². The number of pyridine rings is 1. The molecule has 7 nitrogen and oxygen atoms in total. The number of hydrogen-bond acceptors (Lipinski definition) is 5. The van der Waals surface area contributed by atoms with Crippen molar-refractivity contribution in [1.82, 2.24) is 9.88 Å². The Hall–Kier alpha value is -3.09. The lowest BCUT2D eigenvalue weighted by Gasteiger charge is -2.18. The Morgan fingerprint density at radius 2 is 1.96 bits per heavy atom. The van der Waals surface area contributed by atoms with Gasteiger partial charge in [0.1, 0.15) is 5.82 Å². The molecule has 1 aromatic heterocycles. The summed E-state index contributed by atoms with van der Waals surface area (Å²) < 4.78 is 1.29. The summed E-state index contributed by atoms with van der Waals surface area (Å²) in [6.45, 7) is 1.94. The zero-order valence-electron chi connectivity index (χ0n) is 13.1. The fraction of sp³-hybridized carbons (Fsp3) is 0.235. The van der Waals surface area contributed by atoms with Gasteiger partial charge in [0, 0.05) is 12.1 Å². The number of carbonyl (C=O) groups is 2. The highest BCUT2D eigenvalue weighted by atomic mass is 16.2. The zero-order valence-corrected chi connectivity index (χ0v) is 13.1. The number of anilines is 2. The summed E-state index contributed by atoms with van der Waals surface area (Å²) in [6.07, 6.45) is 2.17. The van der Waals surface area contributed by atoms with Crippen LogP contribution >= 0.6 is 0 Å². The number of imide groups is 1. The van der Waals surface area contributed by atoms with Crippen LogP contribution in [-0.2, 0) is 0 Å². The maximum atomic E-state index is 12.6. The monoisotopic (exact) mass is 324 g/mol. The number of aryl methyl sites for hydroxylation is 1. The fourth-order valence-corrected chi connectivity index (χ4v) is 2.99. The van der Waals surface area contributed by atoms with Gasteiger partial charge in [-0.1, -0.05) is 12.1 Å². The van der Waals surface area contributed by atoms with Crippen molar-refractivity contribution in [2.24, 2.45) is 0 Å². The first-order chi connectivity index (χ1) is 11.5. The lowest BCUT2D eigenvalue weighted by Crippen LogP contribution is -2.25. The van der Waals surface area contributed by atoms with E-state index >= 15 is 0 Å². The Morgan fingerprint density at radius 1 is 1.21 bits per heavy atom. The second kappa shape index (κ2) is 4.95. The quantitative estimate of drug-likeness (QED) is 0.735. The van der Waals surface area contributed by atoms with Gasteiger partial charge in [0.2, 0.25) is 0 Å². The van der Waals surface area contributed by atoms with Crippen molar-refractivity contribution in [3.8, 4) is 5.69 Å². The molecule has 1 fully saturated rings. The largest absolute Gasteiger partial charge is 0.384 e. The van der Waals surface area contributed by atoms with E-state index in [1.165, 1.54) is 4.57 Å². The van der Waals surface area contributed by atoms with Crippen molar-refractivity contribution in [3.63, 3.8) is 0 Å². The van der Waals surface area contributed by atoms with E-state index in [1.54, 1.807) is 6.07 Å². The van der Waals surface area contributed by atoms with Crippen LogP contribution in [0.5, 0.6) is 0 Å². The molecule has 24 heavy (non-hydrogen) atoms. The number of para-hydroxylation sites is 1. The Balaban J connectivity index is 1.97. The van der Waals surface area contributed by atoms with Gasteiger partial charge in [0.15, 0.2) is 0 Å². The van der Waals surface area contributed by atoms with Crippen LogP contribution in [0.4, 0.5) is 11.5 Å². The van der Waals surface area contributed by atoms with Crippen LogP contribution in [0.1, 0.15) is 39.1 Å². The van der Waals surface area contributed by atoms with Gasteiger partial charge in [-0.25, -0.2) is 0 Å². The Kier molecular flexibility index (Phi) is 2.99. The predicted molar refractivity (Wildman–Crippen MR) is 89.6 cm³/mol. The number of nitrogens with two attached hydrogens (primary N) is 1. The smallest absolute Gasteiger partial charge is 0.262 e. The average Bonchev–Trinajstić information content (AvgIpc) is 3.28. The van der Waals surface area contributed by atoms with Crippen molar-refractivity contribution in [1.29, 1.82) is 0 Å². The van der Waals surface area contributed by atoms with Crippen molar-refractivity contribution < 1.29 is 9.59 Å². The Bertz CT molecular complexity index is 957. The summed E-state index contributed by atoms with van der Waals surface area (Å²) in [7, 11) is 0. The number of amides is 2. The van der Waals surface area contributed by atoms with Gasteiger partial charge in [0.25, 0.3) is 17.4 Å². The molecule has 0 radical (unpaired) electrons. The molecule has 1 aliphatic carbocycles. The molecule has 4 N–H and O–H groups in total. The number of nitrogen functional groups attached to an aromatic ring is 1. The third kappa shape index (κ3) is 2.09. The molecular weight excluding hydrogens is 308 g/mol. The minimum absolute atomic E-state index is 0.0229. The summed E-state index contributed by atoms with van der Waals surface area (Å²) >= 11 is 0. The first kappa shape index (κ1) is 14.5. The Labute approximate surface area is 137 Å². The van der Waals surface area contributed by atoms with Crippen molar-refractivity contribution in [2.45, 2.75) is 25.8 Å². The highest BCUT2D eigenvalue weighted by Crippen LogP contribution is 2.32. The van der Waals surface area contributed by atoms with Crippen LogP contribution in [0.3, 0.4) is 0 Å². The minimum atomic E-state index is -0.591. The first-order valence-electron chi connectivity index (χ1n) is 7.75. The topological polar surface area (TPSA) is 106 Å². The molecule has 0 unspecified atom stereocenters. The van der Waals surface area contributed by atoms with E-state index in [9.17, 15) is 14.4 Å². The van der Waals surface area contributed by atoms with Crippen LogP contribution in [0.2, 0.25) is 0 Å². The van der Waals surface area contributed by atoms with E-state index in [1.807, 2.05) is 19.1 Å². The third-order valence-electron chi connectivity index (χ3n) is 4.37. The molecule has 1 aromatic carbocycles. The highest BCUT2D eigenvalue weighted by Gasteiger charge is 2.32. The second-order valence-corrected chi connectivity index (χ2v) is 6.16. The first-order valence-corrected chi connectivity index (χ1v) is 7.75. The van der Waals surface area contributed by atoms with E-state index in [0.29, 0.717) is 11.7 Å². The minimum Gasteiger partial charge on any atom is -0.384 e. The van der Waals surface area contributed by atoms with E-state index < -0.39 is 17.4 Å². The van der Waals surface area contributed by atoms with Crippen LogP contribution in [0, 0.1) is 6.92 Å². The van der Waals surface area contributed by atoms with Gasteiger partial charge in [-0.15, -0.1) is 0 Å². The molecule has 0 bridgehead atoms. The van der Waals surface area contributed by atoms with Crippen LogP contribution in [-0.4, -0.2) is 22.4 Å². The SMILES string of the molecule is Cc1cccc(-n2c(N)c3c(cc2=O)C(=O)NC3=O)c1NC1CC1. The van der Waals surface area contributed by atoms with E-state index in [-0.39, 0.29) is 16.9 Å². The molecule has 0 atom stereocenters. The second-order valence-electron chi connectivity index (χ2n) is 6.16. The van der Waals surface area contributed by atoms with E-state index in [0.717, 1.165) is 30.2 Å². The number of hydrogen-bond donors (Lipinski definition) is 3. The standard InChI is InChI=1S/C17H16N4O3/c1-8-3-2-4-11(14(8)19-9-5-6-9)21-12(22)7-10-13(15(21)18)17(24)20-16(10)23/h2-4,7,9,19H,5-6,18H2,1H3,(H,20,23,24). The summed E-state index contributed by atoms with van der Waals surface area (Å²) in [5, 5.41) is 5.58. The van der Waals surface area contributed by atoms with Gasteiger partial charge < -0.3 is 11.1 Å². The molecule has 1 saturated carbocycles. The number of rotatable bonds is 3. The van der Waals surface area contributed by atoms with Crippen LogP contribution in [0.25, 0.3) is 5.69 Å². The number of carbonyl (C=O) groups excluding carboxylic acids is 2. The normalized spacial score (nSPS) is 16.0. The maximum absolute atomic E-state index is 12.6. The molecule has 2 aromatic rings. The van der Waals surface area contributed by atoms with Gasteiger partial charge >= 0.3 is 0 Å². The average molecular weight is 324 g/mol. The fourth-order valence-electron chi connectivity index (χ4n) is 2.99. The molecule has 0 spiro atoms. The lowest BCUT2D eigenvalue weighted by atomic mass is 10.1. The molecule has 2 heterocycles. The highest BCUT2D eigenvalue weighted by molar-refractivity contribution is 6.23. The number of benzene rings is 1. The molecule has 7 heteroatoms. The summed E-state index contributed by atoms with van der Waals surface area (Å²) in [5.41, 5.74) is 8.13. The van der Waals surface area contributed by atoms with E-state index in [2.05, 4.69) is 10.6 Å². The molecule has 4 rings (SSSR count). The maximum Gasteiger partial charge on any atom is 0.262 e. The molecular formula is C17H16N4O3. The van der Waals surface area contributed by atoms with Crippen LogP contribution in [0.15, 0.2) is 29.1 Å². The van der Waals surface area contributed by atoms with Crippen LogP contribution < -0.4 is 21.9 Å². The molecule has 0 saturated heterocycles. The summed E-state index contributed by atoms with van der Waals surface area (Å²) in [5.74, 6) is -1.19. The number of fused-ring (bicyclic) bond motifs is 1. The van der Waals surface area contributed by atoms with Crippen molar-refractivity contribution >= 4 is 23.3 Å². The van der Waals surface area contributed by atoms with Gasteiger partial charge in [-0.05, 0) is 31.4 Å². The Morgan fingerprint density at radius 3 is 2.67 bits per heavy atom. The third-order valence-corrected chi connectivity index (χ3v) is 4.37. The van der Waals surface area contributed by atoms with Gasteiger partial charge in [0.05, 0.1) is 22.5 Å². The van der Waals surface area contributed by atoms with Gasteiger partial charge in [-0.3, -0.25) is 24.3 Å². The summed E-state index contributed by atoms with van der Waals surface area (Å²) in [4.78, 5) is 36.3. The predicted octanol–water partition coefficient (Wildman–Crippen LogP) is 1.19. The number of aromatic nitrogens is 1. The van der Waals surface area contributed by atoms with Crippen molar-refractivity contribution in [2.75, 3.05) is 11.1 Å². The number of nitrogens with zero attached hydrogens (tertiary/aromatic N) is 1. The summed E-state index contributed by atoms with van der Waals surface area (Å²) in [6, 6.07) is 7.10. The van der Waals surface area contributed by atoms with Crippen molar-refractivity contribution in [3.05, 3.63) is 51.3 Å².